The van der Waals surface area contributed by atoms with Crippen LogP contribution in [0, 0.1) is 6.92 Å². The summed E-state index contributed by atoms with van der Waals surface area (Å²) in [6.07, 6.45) is 2.60. The van der Waals surface area contributed by atoms with Crippen molar-refractivity contribution in [2.45, 2.75) is 25.3 Å². The van der Waals surface area contributed by atoms with Gasteiger partial charge >= 0.3 is 0 Å². The van der Waals surface area contributed by atoms with Gasteiger partial charge in [0.25, 0.3) is 5.91 Å². The van der Waals surface area contributed by atoms with E-state index in [4.69, 9.17) is 4.52 Å². The Morgan fingerprint density at radius 3 is 2.80 bits per heavy atom. The number of aryl methyl sites for hydroxylation is 1. The van der Waals surface area contributed by atoms with Crippen LogP contribution in [-0.4, -0.2) is 22.1 Å². The number of hydrogen-bond donors (Lipinski definition) is 1. The number of nitrogens with one attached hydrogen (secondary N) is 1. The summed E-state index contributed by atoms with van der Waals surface area (Å²) < 4.78 is 6.32. The fourth-order valence-electron chi connectivity index (χ4n) is 3.03. The highest BCUT2D eigenvalue weighted by Gasteiger charge is 2.41. The zero-order valence-electron chi connectivity index (χ0n) is 13.6. The number of benzene rings is 1. The van der Waals surface area contributed by atoms with Crippen molar-refractivity contribution >= 4 is 21.8 Å². The van der Waals surface area contributed by atoms with E-state index in [0.29, 0.717) is 28.6 Å². The van der Waals surface area contributed by atoms with Crippen LogP contribution in [0.1, 0.15) is 34.0 Å². The van der Waals surface area contributed by atoms with Crippen LogP contribution in [-0.2, 0) is 0 Å². The van der Waals surface area contributed by atoms with Crippen LogP contribution in [0.2, 0.25) is 0 Å². The minimum Gasteiger partial charge on any atom is -0.360 e. The van der Waals surface area contributed by atoms with E-state index in [0.717, 1.165) is 10.9 Å². The van der Waals surface area contributed by atoms with Crippen LogP contribution < -0.4 is 5.32 Å². The van der Waals surface area contributed by atoms with E-state index in [1.165, 1.54) is 5.56 Å². The summed E-state index contributed by atoms with van der Waals surface area (Å²) in [5.41, 5.74) is 2.78. The Bertz CT molecular complexity index is 923. The second kappa shape index (κ2) is 6.44. The van der Waals surface area contributed by atoms with Gasteiger partial charge in [-0.05, 0) is 37.1 Å². The van der Waals surface area contributed by atoms with Gasteiger partial charge in [0.05, 0.1) is 5.69 Å². The number of rotatable bonds is 4. The molecule has 0 aliphatic heterocycles. The van der Waals surface area contributed by atoms with Crippen molar-refractivity contribution in [3.05, 3.63) is 70.0 Å². The molecule has 0 spiro atoms. The smallest absolute Gasteiger partial charge is 0.257 e. The number of pyridine rings is 1. The van der Waals surface area contributed by atoms with Crippen molar-refractivity contribution in [2.24, 2.45) is 0 Å². The number of hydrogen-bond acceptors (Lipinski definition) is 4. The summed E-state index contributed by atoms with van der Waals surface area (Å²) in [5.74, 6) is 0.660. The van der Waals surface area contributed by atoms with E-state index in [1.807, 2.05) is 36.4 Å². The molecule has 1 amide bonds. The third-order valence-corrected chi connectivity index (χ3v) is 5.13. The van der Waals surface area contributed by atoms with Crippen molar-refractivity contribution in [2.75, 3.05) is 0 Å². The molecule has 2 heterocycles. The van der Waals surface area contributed by atoms with Crippen molar-refractivity contribution in [1.82, 2.24) is 15.5 Å². The molecule has 5 nitrogen and oxygen atoms in total. The van der Waals surface area contributed by atoms with Crippen LogP contribution >= 0.6 is 15.9 Å². The first-order chi connectivity index (χ1) is 12.1. The van der Waals surface area contributed by atoms with Gasteiger partial charge in [-0.25, -0.2) is 0 Å². The van der Waals surface area contributed by atoms with Gasteiger partial charge in [0.15, 0.2) is 0 Å². The summed E-state index contributed by atoms with van der Waals surface area (Å²) >= 11 is 3.58. The van der Waals surface area contributed by atoms with Gasteiger partial charge in [-0.3, -0.25) is 9.78 Å². The van der Waals surface area contributed by atoms with Gasteiger partial charge in [-0.15, -0.1) is 0 Å². The van der Waals surface area contributed by atoms with Gasteiger partial charge in [0, 0.05) is 22.6 Å². The van der Waals surface area contributed by atoms with Crippen LogP contribution in [0.5, 0.6) is 0 Å². The third-order valence-electron chi connectivity index (χ3n) is 4.41. The Balaban J connectivity index is 1.54. The summed E-state index contributed by atoms with van der Waals surface area (Å²) in [7, 11) is 0. The Labute approximate surface area is 153 Å². The van der Waals surface area contributed by atoms with Crippen molar-refractivity contribution in [1.29, 1.82) is 0 Å². The molecule has 0 radical (unpaired) electrons. The maximum Gasteiger partial charge on any atom is 0.257 e. The number of amides is 1. The predicted molar refractivity (Wildman–Crippen MR) is 97.2 cm³/mol. The topological polar surface area (TPSA) is 68.0 Å². The largest absolute Gasteiger partial charge is 0.360 e. The molecule has 1 aliphatic carbocycles. The number of carbonyl (C=O) groups excluding carboxylic acids is 1. The molecule has 25 heavy (non-hydrogen) atoms. The summed E-state index contributed by atoms with van der Waals surface area (Å²) in [5, 5.41) is 7.12. The lowest BCUT2D eigenvalue weighted by Crippen LogP contribution is -2.27. The average molecular weight is 398 g/mol. The van der Waals surface area contributed by atoms with Crippen LogP contribution in [0.25, 0.3) is 11.4 Å². The molecule has 0 unspecified atom stereocenters. The van der Waals surface area contributed by atoms with Gasteiger partial charge in [0.2, 0.25) is 0 Å². The third kappa shape index (κ3) is 3.09. The predicted octanol–water partition coefficient (Wildman–Crippen LogP) is 4.09. The molecule has 4 rings (SSSR count). The summed E-state index contributed by atoms with van der Waals surface area (Å²) in [4.78, 5) is 17.0. The molecule has 1 aromatic carbocycles. The minimum absolute atomic E-state index is 0.122. The van der Waals surface area contributed by atoms with E-state index in [2.05, 4.69) is 37.5 Å². The molecular formula is C19H16BrN3O2. The summed E-state index contributed by atoms with van der Waals surface area (Å²) in [6.45, 7) is 1.74. The fourth-order valence-corrected chi connectivity index (χ4v) is 3.61. The second-order valence-corrected chi connectivity index (χ2v) is 6.98. The SMILES string of the molecule is Cc1onc(-c2ccccn2)c1C(=O)N[C@@H]1C[C@H]1c1ccccc1Br. The molecule has 1 saturated carbocycles. The first-order valence-corrected chi connectivity index (χ1v) is 8.87. The zero-order valence-corrected chi connectivity index (χ0v) is 15.2. The standard InChI is InChI=1S/C19H16BrN3O2/c1-11-17(18(23-25-11)15-8-4-5-9-21-15)19(24)22-16-10-13(16)12-6-2-3-7-14(12)20/h2-9,13,16H,10H2,1H3,(H,22,24)/t13-,16+/m0/s1. The van der Waals surface area contributed by atoms with E-state index in [-0.39, 0.29) is 11.9 Å². The molecule has 2 atom stereocenters. The lowest BCUT2D eigenvalue weighted by atomic mass is 10.1. The Kier molecular flexibility index (Phi) is 4.13. The lowest BCUT2D eigenvalue weighted by Gasteiger charge is -2.06. The van der Waals surface area contributed by atoms with E-state index >= 15 is 0 Å². The van der Waals surface area contributed by atoms with Crippen LogP contribution in [0.3, 0.4) is 0 Å². The number of aromatic nitrogens is 2. The van der Waals surface area contributed by atoms with Crippen molar-refractivity contribution in [3.8, 4) is 11.4 Å². The molecule has 1 aliphatic rings. The minimum atomic E-state index is -0.168. The van der Waals surface area contributed by atoms with Gasteiger partial charge in [0.1, 0.15) is 17.0 Å². The second-order valence-electron chi connectivity index (χ2n) is 6.12. The number of carbonyl (C=O) groups is 1. The Morgan fingerprint density at radius 2 is 2.04 bits per heavy atom. The maximum atomic E-state index is 12.8. The highest BCUT2D eigenvalue weighted by atomic mass is 79.9. The fraction of sp³-hybridized carbons (Fsp3) is 0.211. The molecule has 126 valence electrons. The Hall–Kier alpha value is -2.47. The van der Waals surface area contributed by atoms with E-state index < -0.39 is 0 Å². The zero-order chi connectivity index (χ0) is 17.4. The van der Waals surface area contributed by atoms with E-state index in [1.54, 1.807) is 13.1 Å². The van der Waals surface area contributed by atoms with E-state index in [9.17, 15) is 4.79 Å². The molecule has 3 aromatic rings. The molecule has 1 N–H and O–H groups in total. The summed E-state index contributed by atoms with van der Waals surface area (Å²) in [6, 6.07) is 13.7. The normalized spacial score (nSPS) is 18.8. The first-order valence-electron chi connectivity index (χ1n) is 8.08. The van der Waals surface area contributed by atoms with Crippen molar-refractivity contribution in [3.63, 3.8) is 0 Å². The number of nitrogens with zero attached hydrogens (tertiary/aromatic N) is 2. The van der Waals surface area contributed by atoms with Gasteiger partial charge in [-0.2, -0.15) is 0 Å². The maximum absolute atomic E-state index is 12.8. The highest BCUT2D eigenvalue weighted by molar-refractivity contribution is 9.10. The molecule has 2 aromatic heterocycles. The van der Waals surface area contributed by atoms with Gasteiger partial charge < -0.3 is 9.84 Å². The monoisotopic (exact) mass is 397 g/mol. The first kappa shape index (κ1) is 16.0. The van der Waals surface area contributed by atoms with Gasteiger partial charge in [-0.1, -0.05) is 45.4 Å². The van der Waals surface area contributed by atoms with Crippen molar-refractivity contribution < 1.29 is 9.32 Å². The average Bonchev–Trinajstić information content (AvgIpc) is 3.26. The van der Waals surface area contributed by atoms with Crippen LogP contribution in [0.4, 0.5) is 0 Å². The highest BCUT2D eigenvalue weighted by Crippen LogP contribution is 2.44. The Morgan fingerprint density at radius 1 is 1.24 bits per heavy atom. The molecule has 1 fully saturated rings. The molecule has 6 heteroatoms. The molecular weight excluding hydrogens is 382 g/mol. The lowest BCUT2D eigenvalue weighted by molar-refractivity contribution is 0.0949. The molecule has 0 saturated heterocycles. The quantitative estimate of drug-likeness (QED) is 0.719. The number of halogens is 1. The van der Waals surface area contributed by atoms with Crippen LogP contribution in [0.15, 0.2) is 57.7 Å². The molecule has 0 bridgehead atoms.